The molecular weight excluding hydrogens is 382 g/mol. The van der Waals surface area contributed by atoms with Crippen LogP contribution in [0.3, 0.4) is 0 Å². The Hall–Kier alpha value is -2.43. The van der Waals surface area contributed by atoms with Crippen molar-refractivity contribution in [3.8, 4) is 5.75 Å². The lowest BCUT2D eigenvalue weighted by atomic mass is 10.2. The van der Waals surface area contributed by atoms with Crippen molar-refractivity contribution in [1.82, 2.24) is 14.9 Å². The molecule has 2 N–H and O–H groups in total. The predicted molar refractivity (Wildman–Crippen MR) is 104 cm³/mol. The monoisotopic (exact) mass is 405 g/mol. The fourth-order valence-corrected chi connectivity index (χ4v) is 4.31. The van der Waals surface area contributed by atoms with Gasteiger partial charge in [0, 0.05) is 38.7 Å². The Balaban J connectivity index is 1.30. The second-order valence-corrected chi connectivity index (χ2v) is 8.36. The Morgan fingerprint density at radius 3 is 2.82 bits per heavy atom. The highest BCUT2D eigenvalue weighted by molar-refractivity contribution is 7.89. The molecule has 1 fully saturated rings. The van der Waals surface area contributed by atoms with E-state index in [4.69, 9.17) is 9.47 Å². The van der Waals surface area contributed by atoms with Crippen molar-refractivity contribution in [3.63, 3.8) is 0 Å². The smallest absolute Gasteiger partial charge is 0.240 e. The second kappa shape index (κ2) is 8.29. The number of benzene rings is 1. The number of fused-ring (bicyclic) bond motifs is 1. The summed E-state index contributed by atoms with van der Waals surface area (Å²) in [4.78, 5) is 2.44. The van der Waals surface area contributed by atoms with E-state index in [-0.39, 0.29) is 11.4 Å². The van der Waals surface area contributed by atoms with Gasteiger partial charge in [-0.2, -0.15) is 5.10 Å². The zero-order valence-corrected chi connectivity index (χ0v) is 16.2. The van der Waals surface area contributed by atoms with Crippen LogP contribution in [0.2, 0.25) is 0 Å². The molecule has 0 aliphatic carbocycles. The van der Waals surface area contributed by atoms with Crippen molar-refractivity contribution in [2.75, 3.05) is 56.2 Å². The van der Waals surface area contributed by atoms with E-state index in [0.29, 0.717) is 32.2 Å². The van der Waals surface area contributed by atoms with Crippen LogP contribution in [0, 0.1) is 0 Å². The van der Waals surface area contributed by atoms with Gasteiger partial charge in [0.05, 0.1) is 36.6 Å². The number of rotatable bonds is 7. The van der Waals surface area contributed by atoms with Gasteiger partial charge in [0.2, 0.25) is 10.0 Å². The summed E-state index contributed by atoms with van der Waals surface area (Å²) in [7, 11) is -3.57. The van der Waals surface area contributed by atoms with Gasteiger partial charge in [-0.15, -0.1) is 5.10 Å². The molecule has 1 saturated heterocycles. The summed E-state index contributed by atoms with van der Waals surface area (Å²) in [5.74, 6) is 1.37. The van der Waals surface area contributed by atoms with Crippen LogP contribution >= 0.6 is 0 Å². The minimum absolute atomic E-state index is 0.235. The SMILES string of the molecule is O=S(=O)(NCCNc1cc(N2CCOCC2)cnn1)c1ccc2c(c1)CCO2. The maximum Gasteiger partial charge on any atom is 0.240 e. The predicted octanol–water partition coefficient (Wildman–Crippen LogP) is 0.638. The van der Waals surface area contributed by atoms with Crippen LogP contribution in [0.5, 0.6) is 5.75 Å². The van der Waals surface area contributed by atoms with Gasteiger partial charge in [0.1, 0.15) is 5.75 Å². The van der Waals surface area contributed by atoms with Crippen molar-refractivity contribution >= 4 is 21.5 Å². The minimum Gasteiger partial charge on any atom is -0.493 e. The maximum absolute atomic E-state index is 12.5. The summed E-state index contributed by atoms with van der Waals surface area (Å²) in [5, 5.41) is 11.2. The van der Waals surface area contributed by atoms with Crippen LogP contribution in [0.25, 0.3) is 0 Å². The number of anilines is 2. The third-order valence-electron chi connectivity index (χ3n) is 4.71. The van der Waals surface area contributed by atoms with E-state index in [0.717, 1.165) is 36.5 Å². The molecular formula is C18H23N5O4S. The average Bonchev–Trinajstić information content (AvgIpc) is 3.20. The van der Waals surface area contributed by atoms with Crippen molar-refractivity contribution in [1.29, 1.82) is 0 Å². The van der Waals surface area contributed by atoms with Gasteiger partial charge >= 0.3 is 0 Å². The Morgan fingerprint density at radius 1 is 1.11 bits per heavy atom. The van der Waals surface area contributed by atoms with Crippen molar-refractivity contribution in [2.45, 2.75) is 11.3 Å². The van der Waals surface area contributed by atoms with Crippen LogP contribution in [-0.4, -0.2) is 64.6 Å². The fraction of sp³-hybridized carbons (Fsp3) is 0.444. The van der Waals surface area contributed by atoms with E-state index in [1.54, 1.807) is 24.4 Å². The summed E-state index contributed by atoms with van der Waals surface area (Å²) < 4.78 is 38.3. The van der Waals surface area contributed by atoms with Crippen molar-refractivity contribution in [2.24, 2.45) is 0 Å². The molecule has 4 rings (SSSR count). The fourth-order valence-electron chi connectivity index (χ4n) is 3.23. The van der Waals surface area contributed by atoms with Gasteiger partial charge in [-0.3, -0.25) is 0 Å². The third-order valence-corrected chi connectivity index (χ3v) is 6.17. The lowest BCUT2D eigenvalue weighted by Gasteiger charge is -2.28. The largest absolute Gasteiger partial charge is 0.493 e. The lowest BCUT2D eigenvalue weighted by Crippen LogP contribution is -2.36. The molecule has 0 spiro atoms. The van der Waals surface area contributed by atoms with E-state index in [1.165, 1.54) is 0 Å². The number of sulfonamides is 1. The first-order valence-corrected chi connectivity index (χ1v) is 10.7. The molecule has 2 aliphatic rings. The van der Waals surface area contributed by atoms with Crippen LogP contribution in [0.15, 0.2) is 35.4 Å². The average molecular weight is 405 g/mol. The standard InChI is InChI=1S/C18H23N5O4S/c24-28(25,16-1-2-17-14(11-16)3-8-27-17)21-5-4-19-18-12-15(13-20-22-18)23-6-9-26-10-7-23/h1-2,11-13,21H,3-10H2,(H,19,22). The number of nitrogens with zero attached hydrogens (tertiary/aromatic N) is 3. The van der Waals surface area contributed by atoms with Crippen LogP contribution in [0.1, 0.15) is 5.56 Å². The Morgan fingerprint density at radius 2 is 1.96 bits per heavy atom. The van der Waals surface area contributed by atoms with E-state index in [2.05, 4.69) is 25.1 Å². The van der Waals surface area contributed by atoms with E-state index < -0.39 is 10.0 Å². The number of aromatic nitrogens is 2. The summed E-state index contributed by atoms with van der Waals surface area (Å²) in [6.07, 6.45) is 2.45. The molecule has 0 unspecified atom stereocenters. The van der Waals surface area contributed by atoms with Crippen LogP contribution in [0.4, 0.5) is 11.5 Å². The number of ether oxygens (including phenoxy) is 2. The van der Waals surface area contributed by atoms with E-state index in [9.17, 15) is 8.42 Å². The Labute approximate surface area is 164 Å². The molecule has 2 aliphatic heterocycles. The zero-order chi connectivity index (χ0) is 19.4. The number of hydrogen-bond acceptors (Lipinski definition) is 8. The zero-order valence-electron chi connectivity index (χ0n) is 15.4. The normalized spacial score (nSPS) is 16.5. The van der Waals surface area contributed by atoms with E-state index in [1.807, 2.05) is 6.07 Å². The molecule has 3 heterocycles. The molecule has 28 heavy (non-hydrogen) atoms. The summed E-state index contributed by atoms with van der Waals surface area (Å²) in [5.41, 5.74) is 1.90. The molecule has 0 atom stereocenters. The summed E-state index contributed by atoms with van der Waals surface area (Å²) >= 11 is 0. The minimum atomic E-state index is -3.57. The molecule has 0 saturated carbocycles. The highest BCUT2D eigenvalue weighted by Crippen LogP contribution is 2.27. The molecule has 1 aromatic heterocycles. The maximum atomic E-state index is 12.5. The van der Waals surface area contributed by atoms with Crippen LogP contribution in [-0.2, 0) is 21.2 Å². The number of nitrogens with one attached hydrogen (secondary N) is 2. The molecule has 0 amide bonds. The molecule has 0 bridgehead atoms. The molecule has 10 heteroatoms. The highest BCUT2D eigenvalue weighted by Gasteiger charge is 2.19. The Bertz CT molecular complexity index is 931. The topological polar surface area (TPSA) is 106 Å². The molecule has 0 radical (unpaired) electrons. The van der Waals surface area contributed by atoms with Gasteiger partial charge < -0.3 is 19.7 Å². The van der Waals surface area contributed by atoms with Gasteiger partial charge in [-0.05, 0) is 23.8 Å². The molecule has 9 nitrogen and oxygen atoms in total. The first kappa shape index (κ1) is 18.9. The highest BCUT2D eigenvalue weighted by atomic mass is 32.2. The quantitative estimate of drug-likeness (QED) is 0.647. The Kier molecular flexibility index (Phi) is 5.60. The number of hydrogen-bond donors (Lipinski definition) is 2. The number of morpholine rings is 1. The first-order valence-electron chi connectivity index (χ1n) is 9.26. The van der Waals surface area contributed by atoms with Gasteiger partial charge in [0.25, 0.3) is 0 Å². The van der Waals surface area contributed by atoms with Gasteiger partial charge in [-0.25, -0.2) is 13.1 Å². The van der Waals surface area contributed by atoms with Gasteiger partial charge in [0.15, 0.2) is 5.82 Å². The van der Waals surface area contributed by atoms with E-state index >= 15 is 0 Å². The summed E-state index contributed by atoms with van der Waals surface area (Å²) in [6.45, 7) is 4.26. The van der Waals surface area contributed by atoms with Crippen molar-refractivity contribution < 1.29 is 17.9 Å². The lowest BCUT2D eigenvalue weighted by molar-refractivity contribution is 0.122. The van der Waals surface area contributed by atoms with Crippen LogP contribution < -0.4 is 19.7 Å². The second-order valence-electron chi connectivity index (χ2n) is 6.59. The molecule has 2 aromatic rings. The van der Waals surface area contributed by atoms with Gasteiger partial charge in [-0.1, -0.05) is 0 Å². The molecule has 150 valence electrons. The van der Waals surface area contributed by atoms with Crippen molar-refractivity contribution in [3.05, 3.63) is 36.0 Å². The summed E-state index contributed by atoms with van der Waals surface area (Å²) in [6, 6.07) is 6.86. The molecule has 1 aromatic carbocycles. The third kappa shape index (κ3) is 4.34. The first-order chi connectivity index (χ1) is 13.6.